The van der Waals surface area contributed by atoms with Crippen molar-refractivity contribution in [1.29, 1.82) is 0 Å². The van der Waals surface area contributed by atoms with Gasteiger partial charge in [-0.3, -0.25) is 9.59 Å². The van der Waals surface area contributed by atoms with Crippen LogP contribution in [0.2, 0.25) is 0 Å². The minimum absolute atomic E-state index is 0.000431. The Labute approximate surface area is 140 Å². The summed E-state index contributed by atoms with van der Waals surface area (Å²) in [7, 11) is 2.03. The summed E-state index contributed by atoms with van der Waals surface area (Å²) in [4.78, 5) is 24.9. The molecule has 2 aromatic heterocycles. The first-order valence-electron chi connectivity index (χ1n) is 7.95. The summed E-state index contributed by atoms with van der Waals surface area (Å²) in [6, 6.07) is 4.25. The van der Waals surface area contributed by atoms with Gasteiger partial charge in [-0.05, 0) is 45.7 Å². The first-order chi connectivity index (χ1) is 10.9. The summed E-state index contributed by atoms with van der Waals surface area (Å²) in [5.74, 6) is -0.000431. The normalized spacial score (nSPS) is 12.3. The average Bonchev–Trinajstić information content (AvgIpc) is 2.99. The molecule has 0 aliphatic heterocycles. The number of carbonyl (C=O) groups excluding carboxylic acids is 1. The number of hydrogen-bond donors (Lipinski definition) is 1. The molecular weight excluding hydrogens is 310 g/mol. The third-order valence-electron chi connectivity index (χ3n) is 4.23. The zero-order valence-corrected chi connectivity index (χ0v) is 15.1. The molecular formula is C17H25N3O2S. The Kier molecular flexibility index (Phi) is 5.82. The van der Waals surface area contributed by atoms with Crippen molar-refractivity contribution in [3.63, 3.8) is 0 Å². The van der Waals surface area contributed by atoms with Crippen LogP contribution in [0.15, 0.2) is 23.1 Å². The molecule has 2 rings (SSSR count). The van der Waals surface area contributed by atoms with Crippen LogP contribution in [0.3, 0.4) is 0 Å². The second-order valence-corrected chi connectivity index (χ2v) is 7.19. The molecule has 2 heterocycles. The Morgan fingerprint density at radius 1 is 1.39 bits per heavy atom. The van der Waals surface area contributed by atoms with Gasteiger partial charge in [0.15, 0.2) is 0 Å². The van der Waals surface area contributed by atoms with E-state index in [2.05, 4.69) is 16.0 Å². The number of nitrogens with one attached hydrogen (secondary N) is 1. The maximum absolute atomic E-state index is 12.1. The van der Waals surface area contributed by atoms with E-state index in [1.165, 1.54) is 17.0 Å². The highest BCUT2D eigenvalue weighted by molar-refractivity contribution is 7.09. The van der Waals surface area contributed by atoms with Gasteiger partial charge in [-0.15, -0.1) is 0 Å². The van der Waals surface area contributed by atoms with E-state index in [0.717, 1.165) is 23.4 Å². The van der Waals surface area contributed by atoms with E-state index < -0.39 is 0 Å². The number of thiazole rings is 1. The lowest BCUT2D eigenvalue weighted by atomic mass is 10.1. The predicted molar refractivity (Wildman–Crippen MR) is 94.0 cm³/mol. The molecule has 0 saturated heterocycles. The Morgan fingerprint density at radius 2 is 2.13 bits per heavy atom. The summed E-state index contributed by atoms with van der Waals surface area (Å²) in [6.45, 7) is 6.33. The molecule has 126 valence electrons. The van der Waals surface area contributed by atoms with Crippen LogP contribution in [-0.2, 0) is 24.8 Å². The fourth-order valence-electron chi connectivity index (χ4n) is 2.60. The molecule has 0 saturated carbocycles. The number of aryl methyl sites for hydroxylation is 3. The summed E-state index contributed by atoms with van der Waals surface area (Å²) >= 11 is 1.24. The van der Waals surface area contributed by atoms with Gasteiger partial charge in [0, 0.05) is 48.5 Å². The second-order valence-electron chi connectivity index (χ2n) is 6.03. The Hall–Kier alpha value is -1.82. The second kappa shape index (κ2) is 7.64. The van der Waals surface area contributed by atoms with Gasteiger partial charge < -0.3 is 14.5 Å². The molecule has 0 bridgehead atoms. The minimum atomic E-state index is -0.000431. The number of carbonyl (C=O) groups is 1. The lowest BCUT2D eigenvalue weighted by Crippen LogP contribution is -2.34. The van der Waals surface area contributed by atoms with Gasteiger partial charge in [-0.1, -0.05) is 11.3 Å². The van der Waals surface area contributed by atoms with Crippen molar-refractivity contribution in [2.75, 3.05) is 0 Å². The molecule has 0 unspecified atom stereocenters. The van der Waals surface area contributed by atoms with E-state index in [-0.39, 0.29) is 16.8 Å². The van der Waals surface area contributed by atoms with Gasteiger partial charge in [0.2, 0.25) is 5.91 Å². The van der Waals surface area contributed by atoms with Crippen LogP contribution in [0.1, 0.15) is 36.0 Å². The number of nitrogens with zero attached hydrogens (tertiary/aromatic N) is 2. The first-order valence-corrected chi connectivity index (χ1v) is 8.76. The molecule has 0 radical (unpaired) electrons. The highest BCUT2D eigenvalue weighted by atomic mass is 32.1. The van der Waals surface area contributed by atoms with Crippen LogP contribution >= 0.6 is 11.3 Å². The molecule has 0 fully saturated rings. The zero-order chi connectivity index (χ0) is 17.0. The van der Waals surface area contributed by atoms with Crippen molar-refractivity contribution in [3.8, 4) is 0 Å². The van der Waals surface area contributed by atoms with Crippen LogP contribution in [-0.4, -0.2) is 21.1 Å². The average molecular weight is 335 g/mol. The molecule has 1 N–H and O–H groups in total. The molecule has 1 atom stereocenters. The molecule has 2 aromatic rings. The van der Waals surface area contributed by atoms with Crippen molar-refractivity contribution < 1.29 is 4.79 Å². The largest absolute Gasteiger partial charge is 0.354 e. The summed E-state index contributed by atoms with van der Waals surface area (Å²) in [6.07, 6.45) is 4.21. The predicted octanol–water partition coefficient (Wildman–Crippen LogP) is 2.39. The quantitative estimate of drug-likeness (QED) is 0.845. The van der Waals surface area contributed by atoms with Crippen LogP contribution in [0.5, 0.6) is 0 Å². The lowest BCUT2D eigenvalue weighted by molar-refractivity contribution is -0.121. The van der Waals surface area contributed by atoms with E-state index in [1.807, 2.05) is 40.1 Å². The first kappa shape index (κ1) is 17.5. The van der Waals surface area contributed by atoms with Crippen molar-refractivity contribution in [2.45, 2.75) is 52.6 Å². The van der Waals surface area contributed by atoms with Crippen LogP contribution in [0.25, 0.3) is 0 Å². The molecule has 0 aliphatic rings. The molecule has 0 aromatic carbocycles. The highest BCUT2D eigenvalue weighted by Gasteiger charge is 2.11. The highest BCUT2D eigenvalue weighted by Crippen LogP contribution is 2.10. The number of amides is 1. The molecule has 0 spiro atoms. The number of aromatic nitrogens is 2. The van der Waals surface area contributed by atoms with Crippen molar-refractivity contribution in [2.24, 2.45) is 7.05 Å². The maximum Gasteiger partial charge on any atom is 0.307 e. The number of rotatable bonds is 7. The van der Waals surface area contributed by atoms with Gasteiger partial charge in [-0.25, -0.2) is 0 Å². The van der Waals surface area contributed by atoms with E-state index in [9.17, 15) is 9.59 Å². The maximum atomic E-state index is 12.1. The lowest BCUT2D eigenvalue weighted by Gasteiger charge is -2.14. The zero-order valence-electron chi connectivity index (χ0n) is 14.3. The van der Waals surface area contributed by atoms with Gasteiger partial charge in [-0.2, -0.15) is 0 Å². The van der Waals surface area contributed by atoms with Crippen molar-refractivity contribution >= 4 is 17.2 Å². The van der Waals surface area contributed by atoms with Crippen LogP contribution in [0.4, 0.5) is 0 Å². The van der Waals surface area contributed by atoms with E-state index in [1.54, 1.807) is 4.57 Å². The summed E-state index contributed by atoms with van der Waals surface area (Å²) in [5, 5.41) is 3.02. The SMILES string of the molecule is Cc1sc(=O)n(CCC(=O)N[C@@H](C)CCc2cccn2C)c1C. The van der Waals surface area contributed by atoms with Crippen molar-refractivity contribution in [3.05, 3.63) is 44.3 Å². The summed E-state index contributed by atoms with van der Waals surface area (Å²) in [5.41, 5.74) is 2.23. The van der Waals surface area contributed by atoms with E-state index in [0.29, 0.717) is 13.0 Å². The van der Waals surface area contributed by atoms with Crippen LogP contribution in [0, 0.1) is 13.8 Å². The smallest absolute Gasteiger partial charge is 0.307 e. The van der Waals surface area contributed by atoms with E-state index >= 15 is 0 Å². The Bertz CT molecular complexity index is 727. The monoisotopic (exact) mass is 335 g/mol. The summed E-state index contributed by atoms with van der Waals surface area (Å²) < 4.78 is 3.79. The van der Waals surface area contributed by atoms with Crippen molar-refractivity contribution in [1.82, 2.24) is 14.5 Å². The number of hydrogen-bond acceptors (Lipinski definition) is 3. The fraction of sp³-hybridized carbons (Fsp3) is 0.529. The topological polar surface area (TPSA) is 56.0 Å². The van der Waals surface area contributed by atoms with E-state index in [4.69, 9.17) is 0 Å². The van der Waals surface area contributed by atoms with Crippen LogP contribution < -0.4 is 10.2 Å². The fourth-order valence-corrected chi connectivity index (χ4v) is 3.46. The Balaban J connectivity index is 1.78. The molecule has 5 nitrogen and oxygen atoms in total. The Morgan fingerprint density at radius 3 is 2.70 bits per heavy atom. The van der Waals surface area contributed by atoms with Gasteiger partial charge in [0.05, 0.1) is 0 Å². The van der Waals surface area contributed by atoms with Gasteiger partial charge >= 0.3 is 4.87 Å². The third kappa shape index (κ3) is 4.58. The molecule has 1 amide bonds. The van der Waals surface area contributed by atoms with Gasteiger partial charge in [0.25, 0.3) is 0 Å². The molecule has 6 heteroatoms. The minimum Gasteiger partial charge on any atom is -0.354 e. The molecule has 23 heavy (non-hydrogen) atoms. The third-order valence-corrected chi connectivity index (χ3v) is 5.23. The standard InChI is InChI=1S/C17H25N3O2S/c1-12(7-8-15-6-5-10-19(15)4)18-16(21)9-11-20-13(2)14(3)23-17(20)22/h5-6,10,12H,7-9,11H2,1-4H3,(H,18,21)/t12-/m0/s1. The molecule has 0 aliphatic carbocycles. The van der Waals surface area contributed by atoms with Gasteiger partial charge in [0.1, 0.15) is 0 Å².